The van der Waals surface area contributed by atoms with E-state index in [0.29, 0.717) is 5.37 Å². The molecule has 1 N–H and O–H groups in total. The van der Waals surface area contributed by atoms with Gasteiger partial charge in [-0.2, -0.15) is 0 Å². The number of rotatable bonds is 2. The van der Waals surface area contributed by atoms with Crippen molar-refractivity contribution in [3.05, 3.63) is 23.7 Å². The second-order valence-electron chi connectivity index (χ2n) is 2.86. The summed E-state index contributed by atoms with van der Waals surface area (Å²) in [5.41, 5.74) is 0. The summed E-state index contributed by atoms with van der Waals surface area (Å²) in [4.78, 5) is 0. The molecule has 2 nitrogen and oxygen atoms in total. The standard InChI is InChI=1S/C9H13NOS/c1-2-7-3-4-8(11-7)9-10-5-6-12-9/h3-4,9-10H,2,5-6H2,1H3. The molecule has 1 unspecified atom stereocenters. The van der Waals surface area contributed by atoms with Crippen LogP contribution in [-0.2, 0) is 6.42 Å². The van der Waals surface area contributed by atoms with Crippen LogP contribution in [0.1, 0.15) is 23.8 Å². The third kappa shape index (κ3) is 1.52. The summed E-state index contributed by atoms with van der Waals surface area (Å²) in [6.45, 7) is 3.20. The minimum Gasteiger partial charge on any atom is -0.464 e. The van der Waals surface area contributed by atoms with Crippen molar-refractivity contribution in [1.82, 2.24) is 5.32 Å². The maximum absolute atomic E-state index is 5.63. The Balaban J connectivity index is 2.11. The first-order chi connectivity index (χ1) is 5.90. The molecular formula is C9H13NOS. The summed E-state index contributed by atoms with van der Waals surface area (Å²) in [7, 11) is 0. The van der Waals surface area contributed by atoms with E-state index in [1.54, 1.807) is 0 Å². The lowest BCUT2D eigenvalue weighted by atomic mass is 10.3. The van der Waals surface area contributed by atoms with Crippen molar-refractivity contribution in [2.24, 2.45) is 0 Å². The normalized spacial score (nSPS) is 23.2. The van der Waals surface area contributed by atoms with Crippen LogP contribution in [0.15, 0.2) is 16.5 Å². The molecule has 0 spiro atoms. The summed E-state index contributed by atoms with van der Waals surface area (Å²) in [5, 5.41) is 3.77. The number of nitrogens with one attached hydrogen (secondary N) is 1. The van der Waals surface area contributed by atoms with Gasteiger partial charge in [0, 0.05) is 18.7 Å². The molecule has 1 aliphatic rings. The molecule has 12 heavy (non-hydrogen) atoms. The van der Waals surface area contributed by atoms with E-state index >= 15 is 0 Å². The van der Waals surface area contributed by atoms with Crippen molar-refractivity contribution in [2.45, 2.75) is 18.7 Å². The predicted molar refractivity (Wildman–Crippen MR) is 51.3 cm³/mol. The van der Waals surface area contributed by atoms with Gasteiger partial charge in [0.1, 0.15) is 16.9 Å². The van der Waals surface area contributed by atoms with Crippen molar-refractivity contribution in [1.29, 1.82) is 0 Å². The van der Waals surface area contributed by atoms with E-state index in [1.165, 1.54) is 5.75 Å². The number of aryl methyl sites for hydroxylation is 1. The van der Waals surface area contributed by atoms with Crippen molar-refractivity contribution >= 4 is 11.8 Å². The van der Waals surface area contributed by atoms with Crippen molar-refractivity contribution in [3.8, 4) is 0 Å². The van der Waals surface area contributed by atoms with Gasteiger partial charge >= 0.3 is 0 Å². The average Bonchev–Trinajstić information content (AvgIpc) is 2.75. The van der Waals surface area contributed by atoms with E-state index in [4.69, 9.17) is 4.42 Å². The summed E-state index contributed by atoms with van der Waals surface area (Å²) in [6, 6.07) is 4.14. The Bertz CT molecular complexity index is 253. The Morgan fingerprint density at radius 2 is 2.58 bits per heavy atom. The summed E-state index contributed by atoms with van der Waals surface area (Å²) < 4.78 is 5.63. The molecule has 1 atom stereocenters. The Morgan fingerprint density at radius 1 is 1.67 bits per heavy atom. The Kier molecular flexibility index (Phi) is 2.42. The highest BCUT2D eigenvalue weighted by Gasteiger charge is 2.19. The zero-order chi connectivity index (χ0) is 8.39. The van der Waals surface area contributed by atoms with Gasteiger partial charge < -0.3 is 4.42 Å². The Labute approximate surface area is 76.7 Å². The molecule has 0 bridgehead atoms. The lowest BCUT2D eigenvalue weighted by molar-refractivity contribution is 0.454. The molecule has 0 saturated carbocycles. The molecule has 1 aliphatic heterocycles. The van der Waals surface area contributed by atoms with Gasteiger partial charge in [0.2, 0.25) is 0 Å². The average molecular weight is 183 g/mol. The van der Waals surface area contributed by atoms with E-state index in [0.717, 1.165) is 24.5 Å². The number of hydrogen-bond donors (Lipinski definition) is 1. The van der Waals surface area contributed by atoms with E-state index in [1.807, 2.05) is 11.8 Å². The van der Waals surface area contributed by atoms with Crippen LogP contribution in [0.4, 0.5) is 0 Å². The van der Waals surface area contributed by atoms with E-state index < -0.39 is 0 Å². The van der Waals surface area contributed by atoms with Gasteiger partial charge in [0.15, 0.2) is 0 Å². The van der Waals surface area contributed by atoms with Gasteiger partial charge in [-0.25, -0.2) is 0 Å². The fourth-order valence-electron chi connectivity index (χ4n) is 1.33. The first-order valence-electron chi connectivity index (χ1n) is 4.33. The second kappa shape index (κ2) is 3.54. The van der Waals surface area contributed by atoms with Gasteiger partial charge in [-0.3, -0.25) is 5.32 Å². The highest BCUT2D eigenvalue weighted by atomic mass is 32.2. The molecule has 1 aromatic heterocycles. The minimum absolute atomic E-state index is 0.394. The monoisotopic (exact) mass is 183 g/mol. The Hall–Kier alpha value is -0.410. The third-order valence-electron chi connectivity index (χ3n) is 2.01. The van der Waals surface area contributed by atoms with Gasteiger partial charge in [0.25, 0.3) is 0 Å². The molecule has 66 valence electrons. The van der Waals surface area contributed by atoms with Gasteiger partial charge in [-0.1, -0.05) is 6.92 Å². The van der Waals surface area contributed by atoms with Gasteiger partial charge in [-0.05, 0) is 12.1 Å². The largest absolute Gasteiger partial charge is 0.464 e. The van der Waals surface area contributed by atoms with Crippen LogP contribution in [0, 0.1) is 0 Å². The van der Waals surface area contributed by atoms with E-state index in [2.05, 4.69) is 24.4 Å². The number of hydrogen-bond acceptors (Lipinski definition) is 3. The zero-order valence-corrected chi connectivity index (χ0v) is 7.99. The molecular weight excluding hydrogens is 170 g/mol. The fourth-order valence-corrected chi connectivity index (χ4v) is 2.33. The lowest BCUT2D eigenvalue weighted by Gasteiger charge is -2.04. The molecule has 1 aromatic rings. The van der Waals surface area contributed by atoms with Gasteiger partial charge in [-0.15, -0.1) is 11.8 Å². The van der Waals surface area contributed by atoms with Crippen LogP contribution in [-0.4, -0.2) is 12.3 Å². The zero-order valence-electron chi connectivity index (χ0n) is 7.17. The minimum atomic E-state index is 0.394. The second-order valence-corrected chi connectivity index (χ2v) is 4.08. The van der Waals surface area contributed by atoms with E-state index in [-0.39, 0.29) is 0 Å². The fraction of sp³-hybridized carbons (Fsp3) is 0.556. The summed E-state index contributed by atoms with van der Waals surface area (Å²) in [5.74, 6) is 3.35. The quantitative estimate of drug-likeness (QED) is 0.760. The molecule has 1 saturated heterocycles. The van der Waals surface area contributed by atoms with Crippen LogP contribution >= 0.6 is 11.8 Å². The number of furan rings is 1. The lowest BCUT2D eigenvalue weighted by Crippen LogP contribution is -2.11. The van der Waals surface area contributed by atoms with Crippen molar-refractivity contribution in [2.75, 3.05) is 12.3 Å². The maximum atomic E-state index is 5.63. The first kappa shape index (κ1) is 8.20. The topological polar surface area (TPSA) is 25.2 Å². The van der Waals surface area contributed by atoms with Crippen LogP contribution in [0.2, 0.25) is 0 Å². The SMILES string of the molecule is CCc1ccc(C2NCCS2)o1. The highest BCUT2D eigenvalue weighted by Crippen LogP contribution is 2.30. The maximum Gasteiger partial charge on any atom is 0.131 e. The van der Waals surface area contributed by atoms with Crippen LogP contribution in [0.25, 0.3) is 0 Å². The summed E-state index contributed by atoms with van der Waals surface area (Å²) in [6.07, 6.45) is 0.984. The number of thioether (sulfide) groups is 1. The van der Waals surface area contributed by atoms with Crippen molar-refractivity contribution in [3.63, 3.8) is 0 Å². The van der Waals surface area contributed by atoms with Crippen LogP contribution in [0.3, 0.4) is 0 Å². The molecule has 0 radical (unpaired) electrons. The molecule has 0 amide bonds. The highest BCUT2D eigenvalue weighted by molar-refractivity contribution is 7.99. The van der Waals surface area contributed by atoms with E-state index in [9.17, 15) is 0 Å². The molecule has 1 fully saturated rings. The molecule has 2 rings (SSSR count). The predicted octanol–water partition coefficient (Wildman–Crippen LogP) is 2.18. The molecule has 0 aromatic carbocycles. The Morgan fingerprint density at radius 3 is 3.17 bits per heavy atom. The van der Waals surface area contributed by atoms with Crippen molar-refractivity contribution < 1.29 is 4.42 Å². The molecule has 0 aliphatic carbocycles. The van der Waals surface area contributed by atoms with Crippen LogP contribution in [0.5, 0.6) is 0 Å². The third-order valence-corrected chi connectivity index (χ3v) is 3.18. The van der Waals surface area contributed by atoms with Crippen LogP contribution < -0.4 is 5.32 Å². The van der Waals surface area contributed by atoms with Gasteiger partial charge in [0.05, 0.1) is 0 Å². The smallest absolute Gasteiger partial charge is 0.131 e. The summed E-state index contributed by atoms with van der Waals surface area (Å²) >= 11 is 1.91. The molecule has 2 heterocycles. The molecule has 3 heteroatoms. The first-order valence-corrected chi connectivity index (χ1v) is 5.38.